The van der Waals surface area contributed by atoms with Gasteiger partial charge in [0.2, 0.25) is 5.91 Å². The van der Waals surface area contributed by atoms with Crippen LogP contribution >= 0.6 is 0 Å². The van der Waals surface area contributed by atoms with Crippen molar-refractivity contribution in [3.63, 3.8) is 0 Å². The van der Waals surface area contributed by atoms with Gasteiger partial charge in [-0.05, 0) is 19.1 Å². The number of ketones is 1. The van der Waals surface area contributed by atoms with Crippen molar-refractivity contribution in [2.75, 3.05) is 26.3 Å². The molecule has 0 bridgehead atoms. The van der Waals surface area contributed by atoms with Gasteiger partial charge in [0.05, 0.1) is 19.6 Å². The van der Waals surface area contributed by atoms with Crippen LogP contribution in [-0.4, -0.2) is 47.9 Å². The van der Waals surface area contributed by atoms with Crippen LogP contribution in [0.4, 0.5) is 0 Å². The third-order valence-corrected chi connectivity index (χ3v) is 2.85. The second-order valence-electron chi connectivity index (χ2n) is 4.26. The molecule has 0 saturated carbocycles. The SMILES string of the molecule is Cc1cccc(C(=O)CC(=O)N2CCOCC2)n1. The first kappa shape index (κ1) is 12.7. The molecule has 0 aromatic carbocycles. The largest absolute Gasteiger partial charge is 0.378 e. The first-order valence-electron chi connectivity index (χ1n) is 5.99. The van der Waals surface area contributed by atoms with E-state index in [1.165, 1.54) is 0 Å². The molecule has 2 rings (SSSR count). The summed E-state index contributed by atoms with van der Waals surface area (Å²) < 4.78 is 5.16. The molecule has 1 aromatic rings. The predicted molar refractivity (Wildman–Crippen MR) is 65.3 cm³/mol. The van der Waals surface area contributed by atoms with Gasteiger partial charge < -0.3 is 9.64 Å². The molecule has 5 nitrogen and oxygen atoms in total. The summed E-state index contributed by atoms with van der Waals surface area (Å²) in [7, 11) is 0. The average Bonchev–Trinajstić information content (AvgIpc) is 2.39. The van der Waals surface area contributed by atoms with Crippen molar-refractivity contribution in [3.05, 3.63) is 29.6 Å². The van der Waals surface area contributed by atoms with Crippen molar-refractivity contribution in [2.24, 2.45) is 0 Å². The van der Waals surface area contributed by atoms with E-state index in [2.05, 4.69) is 4.98 Å². The number of carbonyl (C=O) groups is 2. The molecule has 0 spiro atoms. The van der Waals surface area contributed by atoms with Crippen molar-refractivity contribution >= 4 is 11.7 Å². The van der Waals surface area contributed by atoms with Gasteiger partial charge in [0.15, 0.2) is 5.78 Å². The Hall–Kier alpha value is -1.75. The molecule has 0 aliphatic carbocycles. The Morgan fingerprint density at radius 3 is 2.72 bits per heavy atom. The van der Waals surface area contributed by atoms with Crippen LogP contribution in [0.3, 0.4) is 0 Å². The Bertz CT molecular complexity index is 453. The smallest absolute Gasteiger partial charge is 0.230 e. The van der Waals surface area contributed by atoms with E-state index in [-0.39, 0.29) is 18.1 Å². The molecule has 0 unspecified atom stereocenters. The molecular formula is C13H16N2O3. The molecule has 0 radical (unpaired) electrons. The fourth-order valence-corrected chi connectivity index (χ4v) is 1.85. The summed E-state index contributed by atoms with van der Waals surface area (Å²) in [6.07, 6.45) is -0.115. The van der Waals surface area contributed by atoms with Crippen LogP contribution in [0.15, 0.2) is 18.2 Å². The number of Topliss-reactive ketones (excluding diaryl/α,β-unsaturated/α-hetero) is 1. The molecular weight excluding hydrogens is 232 g/mol. The molecule has 1 saturated heterocycles. The number of rotatable bonds is 3. The lowest BCUT2D eigenvalue weighted by Crippen LogP contribution is -2.41. The van der Waals surface area contributed by atoms with Crippen molar-refractivity contribution in [1.82, 2.24) is 9.88 Å². The molecule has 1 aliphatic rings. The summed E-state index contributed by atoms with van der Waals surface area (Å²) in [6.45, 7) is 4.03. The number of carbonyl (C=O) groups excluding carboxylic acids is 2. The van der Waals surface area contributed by atoms with Crippen molar-refractivity contribution in [3.8, 4) is 0 Å². The number of nitrogens with zero attached hydrogens (tertiary/aromatic N) is 2. The van der Waals surface area contributed by atoms with Crippen LogP contribution < -0.4 is 0 Å². The summed E-state index contributed by atoms with van der Waals surface area (Å²) >= 11 is 0. The molecule has 2 heterocycles. The van der Waals surface area contributed by atoms with E-state index in [1.807, 2.05) is 13.0 Å². The second-order valence-corrected chi connectivity index (χ2v) is 4.26. The molecule has 1 aliphatic heterocycles. The van der Waals surface area contributed by atoms with Gasteiger partial charge in [-0.3, -0.25) is 14.6 Å². The third-order valence-electron chi connectivity index (χ3n) is 2.85. The lowest BCUT2D eigenvalue weighted by molar-refractivity contribution is -0.134. The van der Waals surface area contributed by atoms with E-state index < -0.39 is 0 Å². The zero-order chi connectivity index (χ0) is 13.0. The summed E-state index contributed by atoms with van der Waals surface area (Å²) in [5.41, 5.74) is 1.14. The number of pyridine rings is 1. The topological polar surface area (TPSA) is 59.5 Å². The Morgan fingerprint density at radius 1 is 1.33 bits per heavy atom. The number of ether oxygens (including phenoxy) is 1. The molecule has 0 atom stereocenters. The van der Waals surface area contributed by atoms with Crippen LogP contribution in [-0.2, 0) is 9.53 Å². The maximum absolute atomic E-state index is 11.9. The highest BCUT2D eigenvalue weighted by molar-refractivity contribution is 6.06. The van der Waals surface area contributed by atoms with Gasteiger partial charge >= 0.3 is 0 Å². The number of hydrogen-bond donors (Lipinski definition) is 0. The zero-order valence-electron chi connectivity index (χ0n) is 10.4. The highest BCUT2D eigenvalue weighted by Crippen LogP contribution is 2.06. The van der Waals surface area contributed by atoms with E-state index in [0.29, 0.717) is 32.0 Å². The highest BCUT2D eigenvalue weighted by atomic mass is 16.5. The molecule has 1 amide bonds. The summed E-state index contributed by atoms with van der Waals surface area (Å²) in [6, 6.07) is 5.23. The van der Waals surface area contributed by atoms with Crippen molar-refractivity contribution in [1.29, 1.82) is 0 Å². The third kappa shape index (κ3) is 3.13. The summed E-state index contributed by atoms with van der Waals surface area (Å²) in [4.78, 5) is 29.6. The maximum atomic E-state index is 11.9. The molecule has 96 valence electrons. The predicted octanol–water partition coefficient (Wildman–Crippen LogP) is 0.822. The van der Waals surface area contributed by atoms with Crippen LogP contribution in [0.1, 0.15) is 22.6 Å². The van der Waals surface area contributed by atoms with Gasteiger partial charge in [-0.25, -0.2) is 0 Å². The number of aromatic nitrogens is 1. The monoisotopic (exact) mass is 248 g/mol. The van der Waals surface area contributed by atoms with Crippen LogP contribution in [0, 0.1) is 6.92 Å². The lowest BCUT2D eigenvalue weighted by Gasteiger charge is -2.26. The summed E-state index contributed by atoms with van der Waals surface area (Å²) in [5.74, 6) is -0.373. The van der Waals surface area contributed by atoms with Gasteiger partial charge in [-0.2, -0.15) is 0 Å². The lowest BCUT2D eigenvalue weighted by atomic mass is 10.1. The normalized spacial score (nSPS) is 15.5. The number of morpholine rings is 1. The maximum Gasteiger partial charge on any atom is 0.230 e. The van der Waals surface area contributed by atoms with Gasteiger partial charge in [0.25, 0.3) is 0 Å². The first-order valence-corrected chi connectivity index (χ1v) is 5.99. The van der Waals surface area contributed by atoms with Crippen LogP contribution in [0.25, 0.3) is 0 Å². The molecule has 5 heteroatoms. The van der Waals surface area contributed by atoms with E-state index in [1.54, 1.807) is 17.0 Å². The molecule has 0 N–H and O–H groups in total. The van der Waals surface area contributed by atoms with E-state index in [4.69, 9.17) is 4.74 Å². The van der Waals surface area contributed by atoms with Crippen LogP contribution in [0.2, 0.25) is 0 Å². The Balaban J connectivity index is 1.96. The van der Waals surface area contributed by atoms with Crippen molar-refractivity contribution < 1.29 is 14.3 Å². The quantitative estimate of drug-likeness (QED) is 0.587. The first-order chi connectivity index (χ1) is 8.66. The minimum atomic E-state index is -0.227. The highest BCUT2D eigenvalue weighted by Gasteiger charge is 2.20. The summed E-state index contributed by atoms with van der Waals surface area (Å²) in [5, 5.41) is 0. The standard InChI is InChI=1S/C13H16N2O3/c1-10-3-2-4-11(14-10)12(16)9-13(17)15-5-7-18-8-6-15/h2-4H,5-9H2,1H3. The van der Waals surface area contributed by atoms with Gasteiger partial charge in [-0.1, -0.05) is 6.07 Å². The number of amides is 1. The fourth-order valence-electron chi connectivity index (χ4n) is 1.85. The average molecular weight is 248 g/mol. The molecule has 1 fully saturated rings. The van der Waals surface area contributed by atoms with Gasteiger partial charge in [-0.15, -0.1) is 0 Å². The Morgan fingerprint density at radius 2 is 2.06 bits per heavy atom. The zero-order valence-corrected chi connectivity index (χ0v) is 10.4. The number of aryl methyl sites for hydroxylation is 1. The molecule has 1 aromatic heterocycles. The van der Waals surface area contributed by atoms with Crippen LogP contribution in [0.5, 0.6) is 0 Å². The fraction of sp³-hybridized carbons (Fsp3) is 0.462. The van der Waals surface area contributed by atoms with Crippen molar-refractivity contribution in [2.45, 2.75) is 13.3 Å². The Labute approximate surface area is 106 Å². The van der Waals surface area contributed by atoms with E-state index >= 15 is 0 Å². The minimum absolute atomic E-state index is 0.115. The van der Waals surface area contributed by atoms with E-state index in [0.717, 1.165) is 5.69 Å². The molecule has 18 heavy (non-hydrogen) atoms. The minimum Gasteiger partial charge on any atom is -0.378 e. The van der Waals surface area contributed by atoms with Gasteiger partial charge in [0, 0.05) is 18.8 Å². The Kier molecular flexibility index (Phi) is 4.04. The second kappa shape index (κ2) is 5.73. The van der Waals surface area contributed by atoms with E-state index in [9.17, 15) is 9.59 Å². The van der Waals surface area contributed by atoms with Gasteiger partial charge in [0.1, 0.15) is 5.69 Å². The number of hydrogen-bond acceptors (Lipinski definition) is 4.